The Hall–Kier alpha value is -0.930. The molecular formula is C14H22FNO. The lowest BCUT2D eigenvalue weighted by molar-refractivity contribution is 0.0125. The summed E-state index contributed by atoms with van der Waals surface area (Å²) in [5.74, 6) is -0.108. The third-order valence-corrected chi connectivity index (χ3v) is 3.28. The summed E-state index contributed by atoms with van der Waals surface area (Å²) in [7, 11) is 1.69. The first-order chi connectivity index (χ1) is 8.00. The summed E-state index contributed by atoms with van der Waals surface area (Å²) < 4.78 is 19.0. The van der Waals surface area contributed by atoms with Crippen LogP contribution in [0.3, 0.4) is 0 Å². The lowest BCUT2D eigenvalue weighted by Gasteiger charge is -2.25. The van der Waals surface area contributed by atoms with Crippen molar-refractivity contribution in [2.75, 3.05) is 13.7 Å². The van der Waals surface area contributed by atoms with Crippen LogP contribution in [-0.4, -0.2) is 19.3 Å². The fourth-order valence-corrected chi connectivity index (χ4v) is 1.83. The molecule has 0 aliphatic heterocycles. The van der Waals surface area contributed by atoms with Gasteiger partial charge in [0.05, 0.1) is 5.60 Å². The first kappa shape index (κ1) is 14.1. The van der Waals surface area contributed by atoms with Crippen molar-refractivity contribution in [3.63, 3.8) is 0 Å². The summed E-state index contributed by atoms with van der Waals surface area (Å²) in [5, 5.41) is 0. The number of benzene rings is 1. The monoisotopic (exact) mass is 239 g/mol. The van der Waals surface area contributed by atoms with E-state index in [4.69, 9.17) is 10.5 Å². The van der Waals surface area contributed by atoms with Crippen molar-refractivity contribution < 1.29 is 9.13 Å². The summed E-state index contributed by atoms with van der Waals surface area (Å²) in [6.45, 7) is 4.52. The van der Waals surface area contributed by atoms with Gasteiger partial charge < -0.3 is 10.5 Å². The van der Waals surface area contributed by atoms with E-state index < -0.39 is 0 Å². The second kappa shape index (κ2) is 6.12. The summed E-state index contributed by atoms with van der Waals surface area (Å²) in [5.41, 5.74) is 6.27. The number of hydrogen-bond donors (Lipinski definition) is 1. The number of hydrogen-bond acceptors (Lipinski definition) is 2. The molecule has 0 aromatic heterocycles. The molecule has 0 saturated carbocycles. The second-order valence-corrected chi connectivity index (χ2v) is 4.96. The van der Waals surface area contributed by atoms with E-state index in [-0.39, 0.29) is 17.3 Å². The van der Waals surface area contributed by atoms with Crippen LogP contribution in [0, 0.1) is 5.82 Å². The van der Waals surface area contributed by atoms with E-state index in [0.717, 1.165) is 12.8 Å². The van der Waals surface area contributed by atoms with Crippen LogP contribution in [0.1, 0.15) is 38.2 Å². The molecule has 0 aliphatic carbocycles. The Morgan fingerprint density at radius 1 is 1.35 bits per heavy atom. The molecule has 0 amide bonds. The van der Waals surface area contributed by atoms with Gasteiger partial charge in [0.1, 0.15) is 5.82 Å². The van der Waals surface area contributed by atoms with Crippen LogP contribution in [0.2, 0.25) is 0 Å². The molecule has 0 fully saturated rings. The van der Waals surface area contributed by atoms with Crippen LogP contribution < -0.4 is 5.73 Å². The minimum Gasteiger partial charge on any atom is -0.379 e. The smallest absolute Gasteiger partial charge is 0.126 e. The molecule has 0 spiro atoms. The highest BCUT2D eigenvalue weighted by Crippen LogP contribution is 2.27. The molecule has 2 nitrogen and oxygen atoms in total. The normalized spacial score (nSPS) is 13.7. The van der Waals surface area contributed by atoms with Crippen molar-refractivity contribution in [2.24, 2.45) is 5.73 Å². The Kier molecular flexibility index (Phi) is 5.09. The molecule has 1 aromatic rings. The number of methoxy groups -OCH3 is 1. The Morgan fingerprint density at radius 3 is 2.53 bits per heavy atom. The lowest BCUT2D eigenvalue weighted by Crippen LogP contribution is -2.25. The molecule has 3 heteroatoms. The van der Waals surface area contributed by atoms with Gasteiger partial charge in [0.15, 0.2) is 0 Å². The van der Waals surface area contributed by atoms with Crippen molar-refractivity contribution in [3.8, 4) is 0 Å². The Balaban J connectivity index is 2.70. The number of halogens is 1. The Labute approximate surface area is 103 Å². The van der Waals surface area contributed by atoms with E-state index in [0.29, 0.717) is 12.1 Å². The van der Waals surface area contributed by atoms with Crippen LogP contribution >= 0.6 is 0 Å². The maximum atomic E-state index is 13.6. The van der Waals surface area contributed by atoms with Gasteiger partial charge in [0.25, 0.3) is 0 Å². The van der Waals surface area contributed by atoms with Crippen molar-refractivity contribution in [2.45, 2.75) is 38.2 Å². The van der Waals surface area contributed by atoms with E-state index in [2.05, 4.69) is 0 Å². The third-order valence-electron chi connectivity index (χ3n) is 3.28. The fraction of sp³-hybridized carbons (Fsp3) is 0.571. The Morgan fingerprint density at radius 2 is 2.00 bits per heavy atom. The molecule has 0 heterocycles. The molecule has 0 aliphatic rings. The molecule has 96 valence electrons. The molecule has 1 aromatic carbocycles. The Bertz CT molecular complexity index is 352. The van der Waals surface area contributed by atoms with E-state index in [1.807, 2.05) is 26.0 Å². The van der Waals surface area contributed by atoms with Gasteiger partial charge in [-0.3, -0.25) is 0 Å². The van der Waals surface area contributed by atoms with Gasteiger partial charge in [-0.05, 0) is 50.8 Å². The van der Waals surface area contributed by atoms with Gasteiger partial charge in [-0.15, -0.1) is 0 Å². The molecule has 2 N–H and O–H groups in total. The summed E-state index contributed by atoms with van der Waals surface area (Å²) in [4.78, 5) is 0. The zero-order chi connectivity index (χ0) is 12.9. The molecule has 0 saturated heterocycles. The SMILES string of the molecule is COC(C)(C)CCC(CN)c1ccccc1F. The quantitative estimate of drug-likeness (QED) is 0.828. The van der Waals surface area contributed by atoms with Crippen LogP contribution in [0.25, 0.3) is 0 Å². The summed E-state index contributed by atoms with van der Waals surface area (Å²) in [6, 6.07) is 6.85. The second-order valence-electron chi connectivity index (χ2n) is 4.96. The largest absolute Gasteiger partial charge is 0.379 e. The number of rotatable bonds is 6. The van der Waals surface area contributed by atoms with E-state index in [1.165, 1.54) is 6.07 Å². The van der Waals surface area contributed by atoms with Crippen molar-refractivity contribution in [1.82, 2.24) is 0 Å². The first-order valence-corrected chi connectivity index (χ1v) is 6.00. The minimum absolute atomic E-state index is 0.0608. The fourth-order valence-electron chi connectivity index (χ4n) is 1.83. The summed E-state index contributed by atoms with van der Waals surface area (Å²) in [6.07, 6.45) is 1.69. The van der Waals surface area contributed by atoms with E-state index in [9.17, 15) is 4.39 Å². The van der Waals surface area contributed by atoms with Crippen molar-refractivity contribution in [3.05, 3.63) is 35.6 Å². The van der Waals surface area contributed by atoms with Gasteiger partial charge in [-0.1, -0.05) is 18.2 Å². The zero-order valence-electron chi connectivity index (χ0n) is 10.9. The van der Waals surface area contributed by atoms with Gasteiger partial charge in [0, 0.05) is 7.11 Å². The highest BCUT2D eigenvalue weighted by Gasteiger charge is 2.21. The predicted molar refractivity (Wildman–Crippen MR) is 68.5 cm³/mol. The molecule has 0 bridgehead atoms. The highest BCUT2D eigenvalue weighted by atomic mass is 19.1. The number of nitrogens with two attached hydrogens (primary N) is 1. The van der Waals surface area contributed by atoms with Gasteiger partial charge >= 0.3 is 0 Å². The average molecular weight is 239 g/mol. The molecule has 1 unspecified atom stereocenters. The molecule has 1 atom stereocenters. The lowest BCUT2D eigenvalue weighted by atomic mass is 9.89. The van der Waals surface area contributed by atoms with E-state index in [1.54, 1.807) is 13.2 Å². The summed E-state index contributed by atoms with van der Waals surface area (Å²) >= 11 is 0. The topological polar surface area (TPSA) is 35.2 Å². The molecular weight excluding hydrogens is 217 g/mol. The van der Waals surface area contributed by atoms with Gasteiger partial charge in [0.2, 0.25) is 0 Å². The third kappa shape index (κ3) is 4.10. The van der Waals surface area contributed by atoms with Crippen molar-refractivity contribution in [1.29, 1.82) is 0 Å². The highest BCUT2D eigenvalue weighted by molar-refractivity contribution is 5.22. The van der Waals surface area contributed by atoms with Gasteiger partial charge in [-0.25, -0.2) is 4.39 Å². The standard InChI is InChI=1S/C14H22FNO/c1-14(2,17-3)9-8-11(10-16)12-6-4-5-7-13(12)15/h4-7,11H,8-10,16H2,1-3H3. The van der Waals surface area contributed by atoms with E-state index >= 15 is 0 Å². The average Bonchev–Trinajstić information content (AvgIpc) is 2.32. The minimum atomic E-state index is -0.182. The molecule has 17 heavy (non-hydrogen) atoms. The van der Waals surface area contributed by atoms with Gasteiger partial charge in [-0.2, -0.15) is 0 Å². The first-order valence-electron chi connectivity index (χ1n) is 6.00. The molecule has 1 rings (SSSR count). The van der Waals surface area contributed by atoms with Crippen LogP contribution in [-0.2, 0) is 4.74 Å². The zero-order valence-corrected chi connectivity index (χ0v) is 10.9. The van der Waals surface area contributed by atoms with Crippen LogP contribution in [0.5, 0.6) is 0 Å². The van der Waals surface area contributed by atoms with Crippen LogP contribution in [0.4, 0.5) is 4.39 Å². The van der Waals surface area contributed by atoms with Crippen molar-refractivity contribution >= 4 is 0 Å². The predicted octanol–water partition coefficient (Wildman–Crippen LogP) is 3.07. The van der Waals surface area contributed by atoms with Crippen LogP contribution in [0.15, 0.2) is 24.3 Å². The maximum Gasteiger partial charge on any atom is 0.126 e. The molecule has 0 radical (unpaired) electrons. The maximum absolute atomic E-state index is 13.6. The number of ether oxygens (including phenoxy) is 1.